The first-order valence-electron chi connectivity index (χ1n) is 9.20. The van der Waals surface area contributed by atoms with Crippen LogP contribution in [0.1, 0.15) is 17.3 Å². The summed E-state index contributed by atoms with van der Waals surface area (Å²) < 4.78 is 15.9. The molecule has 2 aliphatic heterocycles. The number of benzene rings is 1. The van der Waals surface area contributed by atoms with Crippen molar-refractivity contribution in [2.45, 2.75) is 13.0 Å². The van der Waals surface area contributed by atoms with Crippen molar-refractivity contribution in [3.05, 3.63) is 23.8 Å². The van der Waals surface area contributed by atoms with E-state index in [1.165, 1.54) is 4.90 Å². The van der Waals surface area contributed by atoms with Gasteiger partial charge in [0, 0.05) is 45.3 Å². The summed E-state index contributed by atoms with van der Waals surface area (Å²) in [7, 11) is 3.68. The highest BCUT2D eigenvalue weighted by Crippen LogP contribution is 2.32. The molecule has 1 atom stereocenters. The first kappa shape index (κ1) is 19.4. The van der Waals surface area contributed by atoms with Gasteiger partial charge < -0.3 is 24.0 Å². The van der Waals surface area contributed by atoms with Crippen molar-refractivity contribution in [3.8, 4) is 11.5 Å². The number of hydrogen-bond donors (Lipinski definition) is 0. The van der Waals surface area contributed by atoms with Crippen molar-refractivity contribution in [2.24, 2.45) is 0 Å². The Hall–Kier alpha value is -2.32. The van der Waals surface area contributed by atoms with Gasteiger partial charge in [-0.1, -0.05) is 0 Å². The van der Waals surface area contributed by atoms with Crippen molar-refractivity contribution < 1.29 is 23.8 Å². The van der Waals surface area contributed by atoms with Crippen LogP contribution in [0.5, 0.6) is 11.5 Å². The van der Waals surface area contributed by atoms with Gasteiger partial charge in [-0.15, -0.1) is 0 Å². The Morgan fingerprint density at radius 3 is 2.63 bits per heavy atom. The molecule has 3 rings (SSSR count). The van der Waals surface area contributed by atoms with E-state index in [1.807, 2.05) is 0 Å². The Bertz CT molecular complexity index is 688. The predicted octanol–water partition coefficient (Wildman–Crippen LogP) is 1.30. The Morgan fingerprint density at radius 1 is 1.19 bits per heavy atom. The Kier molecular flexibility index (Phi) is 6.18. The molecule has 0 N–H and O–H groups in total. The lowest BCUT2D eigenvalue weighted by atomic mass is 10.0. The van der Waals surface area contributed by atoms with E-state index in [-0.39, 0.29) is 12.6 Å². The maximum Gasteiger partial charge on any atom is 0.410 e. The maximum atomic E-state index is 12.7. The Balaban J connectivity index is 1.48. The van der Waals surface area contributed by atoms with Crippen LogP contribution >= 0.6 is 0 Å². The normalized spacial score (nSPS) is 18.2. The summed E-state index contributed by atoms with van der Waals surface area (Å²) in [4.78, 5) is 30.8. The minimum Gasteiger partial charge on any atom is -0.454 e. The average molecular weight is 377 g/mol. The quantitative estimate of drug-likeness (QED) is 0.692. The van der Waals surface area contributed by atoms with Gasteiger partial charge in [0.25, 0.3) is 0 Å². The van der Waals surface area contributed by atoms with Gasteiger partial charge in [-0.25, -0.2) is 4.79 Å². The van der Waals surface area contributed by atoms with Crippen molar-refractivity contribution >= 4 is 11.9 Å². The molecule has 1 fully saturated rings. The van der Waals surface area contributed by atoms with Gasteiger partial charge >= 0.3 is 6.09 Å². The number of fused-ring (bicyclic) bond motifs is 1. The fraction of sp³-hybridized carbons (Fsp3) is 0.579. The third kappa shape index (κ3) is 4.70. The van der Waals surface area contributed by atoms with Crippen molar-refractivity contribution in [1.82, 2.24) is 14.7 Å². The van der Waals surface area contributed by atoms with E-state index >= 15 is 0 Å². The number of ketones is 1. The molecule has 1 aromatic rings. The van der Waals surface area contributed by atoms with E-state index in [4.69, 9.17) is 14.2 Å². The van der Waals surface area contributed by atoms with Gasteiger partial charge in [0.2, 0.25) is 6.79 Å². The Labute approximate surface area is 159 Å². The number of Topliss-reactive ketones (excluding diaryl/α,β-unsaturated/α-hetero) is 1. The number of amides is 1. The zero-order valence-electron chi connectivity index (χ0n) is 16.1. The molecule has 0 radical (unpaired) electrons. The molecule has 148 valence electrons. The van der Waals surface area contributed by atoms with Crippen LogP contribution < -0.4 is 9.47 Å². The lowest BCUT2D eigenvalue weighted by molar-refractivity contribution is 0.0679. The van der Waals surface area contributed by atoms with Crippen LogP contribution in [-0.2, 0) is 4.74 Å². The highest BCUT2D eigenvalue weighted by molar-refractivity contribution is 6.01. The number of piperazine rings is 1. The lowest BCUT2D eigenvalue weighted by Crippen LogP contribution is -2.46. The largest absolute Gasteiger partial charge is 0.454 e. The second-order valence-corrected chi connectivity index (χ2v) is 6.98. The topological polar surface area (TPSA) is 71.5 Å². The second kappa shape index (κ2) is 8.58. The number of rotatable bonds is 6. The smallest absolute Gasteiger partial charge is 0.410 e. The molecule has 1 saturated heterocycles. The van der Waals surface area contributed by atoms with E-state index in [1.54, 1.807) is 32.2 Å². The van der Waals surface area contributed by atoms with E-state index in [2.05, 4.69) is 16.8 Å². The average Bonchev–Trinajstić information content (AvgIpc) is 3.15. The zero-order valence-corrected chi connectivity index (χ0v) is 16.1. The van der Waals surface area contributed by atoms with Crippen molar-refractivity contribution in [1.29, 1.82) is 0 Å². The standard InChI is InChI=1S/C19H27N3O5/c1-14(18(23)15-4-5-16-17(12-15)27-13-26-16)21(3)19(24)25-11-10-22-8-6-20(2)7-9-22/h4-5,12,14H,6-11,13H2,1-3H3. The molecule has 0 spiro atoms. The molecule has 0 bridgehead atoms. The third-order valence-corrected chi connectivity index (χ3v) is 5.13. The minimum atomic E-state index is -0.637. The van der Waals surface area contributed by atoms with Gasteiger partial charge in [0.15, 0.2) is 17.3 Å². The molecular weight excluding hydrogens is 350 g/mol. The molecule has 1 aromatic carbocycles. The molecule has 8 nitrogen and oxygen atoms in total. The summed E-state index contributed by atoms with van der Waals surface area (Å²) >= 11 is 0. The predicted molar refractivity (Wildman–Crippen MR) is 99.4 cm³/mol. The van der Waals surface area contributed by atoms with Crippen LogP contribution in [0.4, 0.5) is 4.79 Å². The highest BCUT2D eigenvalue weighted by atomic mass is 16.7. The van der Waals surface area contributed by atoms with Crippen LogP contribution in [-0.4, -0.2) is 92.8 Å². The zero-order chi connectivity index (χ0) is 19.4. The van der Waals surface area contributed by atoms with E-state index in [0.29, 0.717) is 30.2 Å². The highest BCUT2D eigenvalue weighted by Gasteiger charge is 2.26. The first-order valence-corrected chi connectivity index (χ1v) is 9.20. The van der Waals surface area contributed by atoms with Crippen molar-refractivity contribution in [3.63, 3.8) is 0 Å². The van der Waals surface area contributed by atoms with Gasteiger partial charge in [0.05, 0.1) is 6.04 Å². The molecule has 2 heterocycles. The van der Waals surface area contributed by atoms with E-state index in [9.17, 15) is 9.59 Å². The Morgan fingerprint density at radius 2 is 1.89 bits per heavy atom. The molecule has 0 aromatic heterocycles. The van der Waals surface area contributed by atoms with Crippen LogP contribution in [0.2, 0.25) is 0 Å². The first-order chi connectivity index (χ1) is 13.0. The summed E-state index contributed by atoms with van der Waals surface area (Å²) in [5.41, 5.74) is 0.476. The number of carbonyl (C=O) groups excluding carboxylic acids is 2. The fourth-order valence-corrected chi connectivity index (χ4v) is 3.06. The molecule has 27 heavy (non-hydrogen) atoms. The summed E-state index contributed by atoms with van der Waals surface area (Å²) in [5.74, 6) is 0.994. The third-order valence-electron chi connectivity index (χ3n) is 5.13. The van der Waals surface area contributed by atoms with E-state index in [0.717, 1.165) is 26.2 Å². The molecule has 0 saturated carbocycles. The fourth-order valence-electron chi connectivity index (χ4n) is 3.06. The molecule has 1 unspecified atom stereocenters. The molecular formula is C19H27N3O5. The molecule has 0 aliphatic carbocycles. The monoisotopic (exact) mass is 377 g/mol. The summed E-state index contributed by atoms with van der Waals surface area (Å²) in [5, 5.41) is 0. The molecule has 8 heteroatoms. The number of nitrogens with zero attached hydrogens (tertiary/aromatic N) is 3. The van der Waals surface area contributed by atoms with Gasteiger partial charge in [-0.2, -0.15) is 0 Å². The van der Waals surface area contributed by atoms with Gasteiger partial charge in [-0.05, 0) is 32.2 Å². The number of likely N-dealkylation sites (N-methyl/N-ethyl adjacent to an activating group) is 2. The number of hydrogen-bond acceptors (Lipinski definition) is 7. The van der Waals surface area contributed by atoms with Gasteiger partial charge in [0.1, 0.15) is 6.61 Å². The van der Waals surface area contributed by atoms with E-state index < -0.39 is 12.1 Å². The summed E-state index contributed by atoms with van der Waals surface area (Å²) in [6.07, 6.45) is -0.495. The number of carbonyl (C=O) groups is 2. The SMILES string of the molecule is CC(C(=O)c1ccc2c(c1)OCO2)N(C)C(=O)OCCN1CCN(C)CC1. The summed E-state index contributed by atoms with van der Waals surface area (Å²) in [6, 6.07) is 4.39. The lowest BCUT2D eigenvalue weighted by Gasteiger charge is -2.32. The molecule has 1 amide bonds. The summed E-state index contributed by atoms with van der Waals surface area (Å²) in [6.45, 7) is 6.86. The second-order valence-electron chi connectivity index (χ2n) is 6.98. The maximum absolute atomic E-state index is 12.7. The van der Waals surface area contributed by atoms with Crippen LogP contribution in [0.25, 0.3) is 0 Å². The van der Waals surface area contributed by atoms with Crippen LogP contribution in [0, 0.1) is 0 Å². The minimum absolute atomic E-state index is 0.155. The van der Waals surface area contributed by atoms with Crippen molar-refractivity contribution in [2.75, 3.05) is 60.2 Å². The van der Waals surface area contributed by atoms with Crippen LogP contribution in [0.3, 0.4) is 0 Å². The van der Waals surface area contributed by atoms with Crippen LogP contribution in [0.15, 0.2) is 18.2 Å². The molecule has 2 aliphatic rings. The number of ether oxygens (including phenoxy) is 3. The van der Waals surface area contributed by atoms with Gasteiger partial charge in [-0.3, -0.25) is 9.69 Å².